The number of carbonyl (C=O) groups excluding carboxylic acids is 1. The minimum Gasteiger partial charge on any atom is -0.355 e. The minimum absolute atomic E-state index is 0.212. The van der Waals surface area contributed by atoms with Gasteiger partial charge >= 0.3 is 0 Å². The van der Waals surface area contributed by atoms with Crippen LogP contribution in [-0.2, 0) is 0 Å². The van der Waals surface area contributed by atoms with Gasteiger partial charge in [-0.25, -0.2) is 4.39 Å². The second kappa shape index (κ2) is 4.43. The summed E-state index contributed by atoms with van der Waals surface area (Å²) >= 11 is 0. The van der Waals surface area contributed by atoms with E-state index in [2.05, 4.69) is 5.32 Å². The van der Waals surface area contributed by atoms with Crippen molar-refractivity contribution < 1.29 is 9.18 Å². The third kappa shape index (κ3) is 2.35. The van der Waals surface area contributed by atoms with E-state index in [0.717, 1.165) is 11.1 Å². The number of hydrogen-bond donors (Lipinski definition) is 1. The molecule has 0 aliphatic heterocycles. The molecular formula is C12H16FNO. The number of rotatable bonds is 2. The molecule has 1 aromatic carbocycles. The van der Waals surface area contributed by atoms with Gasteiger partial charge in [0, 0.05) is 12.6 Å². The van der Waals surface area contributed by atoms with E-state index in [1.165, 1.54) is 12.1 Å². The molecule has 1 aromatic rings. The second-order valence-corrected chi connectivity index (χ2v) is 3.90. The average Bonchev–Trinajstić information content (AvgIpc) is 2.19. The fourth-order valence-electron chi connectivity index (χ4n) is 1.67. The predicted octanol–water partition coefficient (Wildman–Crippen LogP) is 2.62. The number of carbonyl (C=O) groups is 1. The van der Waals surface area contributed by atoms with Gasteiger partial charge in [0.25, 0.3) is 5.91 Å². The first kappa shape index (κ1) is 11.7. The second-order valence-electron chi connectivity index (χ2n) is 3.90. The third-order valence-corrected chi connectivity index (χ3v) is 2.51. The Morgan fingerprint density at radius 2 is 2.00 bits per heavy atom. The van der Waals surface area contributed by atoms with Crippen LogP contribution in [-0.4, -0.2) is 13.0 Å². The highest BCUT2D eigenvalue weighted by molar-refractivity contribution is 5.95. The van der Waals surface area contributed by atoms with Gasteiger partial charge in [-0.15, -0.1) is 0 Å². The Morgan fingerprint density at radius 1 is 1.40 bits per heavy atom. The first-order valence-electron chi connectivity index (χ1n) is 4.99. The lowest BCUT2D eigenvalue weighted by atomic mass is 9.94. The van der Waals surface area contributed by atoms with Gasteiger partial charge in [0.15, 0.2) is 0 Å². The number of hydrogen-bond acceptors (Lipinski definition) is 1. The van der Waals surface area contributed by atoms with Crippen LogP contribution in [0, 0.1) is 12.7 Å². The lowest BCUT2D eigenvalue weighted by molar-refractivity contribution is 0.0962. The minimum atomic E-state index is -0.358. The van der Waals surface area contributed by atoms with Gasteiger partial charge in [-0.05, 0) is 36.1 Å². The lowest BCUT2D eigenvalue weighted by Crippen LogP contribution is -2.20. The van der Waals surface area contributed by atoms with E-state index < -0.39 is 0 Å². The van der Waals surface area contributed by atoms with Crippen molar-refractivity contribution in [2.75, 3.05) is 7.05 Å². The highest BCUT2D eigenvalue weighted by atomic mass is 19.1. The molecule has 1 rings (SSSR count). The maximum atomic E-state index is 13.3. The van der Waals surface area contributed by atoms with Crippen LogP contribution in [0.3, 0.4) is 0 Å². The van der Waals surface area contributed by atoms with Crippen molar-refractivity contribution in [2.24, 2.45) is 0 Å². The molecule has 0 aliphatic rings. The third-order valence-electron chi connectivity index (χ3n) is 2.51. The van der Waals surface area contributed by atoms with Crippen molar-refractivity contribution in [3.05, 3.63) is 34.6 Å². The molecule has 0 unspecified atom stereocenters. The summed E-state index contributed by atoms with van der Waals surface area (Å²) in [5.41, 5.74) is 2.15. The van der Waals surface area contributed by atoms with Gasteiger partial charge in [-0.1, -0.05) is 13.8 Å². The van der Waals surface area contributed by atoms with Crippen LogP contribution in [0.15, 0.2) is 12.1 Å². The van der Waals surface area contributed by atoms with Crippen LogP contribution in [0.25, 0.3) is 0 Å². The van der Waals surface area contributed by atoms with Crippen molar-refractivity contribution in [1.82, 2.24) is 5.32 Å². The molecule has 1 amide bonds. The van der Waals surface area contributed by atoms with E-state index in [1.807, 2.05) is 20.8 Å². The van der Waals surface area contributed by atoms with E-state index in [0.29, 0.717) is 5.56 Å². The van der Waals surface area contributed by atoms with Crippen LogP contribution in [0.2, 0.25) is 0 Å². The maximum Gasteiger partial charge on any atom is 0.251 e. The van der Waals surface area contributed by atoms with Crippen molar-refractivity contribution in [3.63, 3.8) is 0 Å². The van der Waals surface area contributed by atoms with E-state index in [4.69, 9.17) is 0 Å². The zero-order valence-corrected chi connectivity index (χ0v) is 9.52. The lowest BCUT2D eigenvalue weighted by Gasteiger charge is -2.13. The number of halogens is 1. The molecule has 0 radical (unpaired) electrons. The quantitative estimate of drug-likeness (QED) is 0.797. The van der Waals surface area contributed by atoms with Gasteiger partial charge in [0.1, 0.15) is 5.82 Å². The van der Waals surface area contributed by atoms with Gasteiger partial charge in [0.2, 0.25) is 0 Å². The topological polar surface area (TPSA) is 29.1 Å². The highest BCUT2D eigenvalue weighted by Gasteiger charge is 2.14. The summed E-state index contributed by atoms with van der Waals surface area (Å²) in [7, 11) is 1.54. The van der Waals surface area contributed by atoms with Crippen LogP contribution < -0.4 is 5.32 Å². The number of benzene rings is 1. The van der Waals surface area contributed by atoms with Crippen LogP contribution in [0.1, 0.15) is 41.3 Å². The highest BCUT2D eigenvalue weighted by Crippen LogP contribution is 2.23. The Balaban J connectivity index is 3.34. The van der Waals surface area contributed by atoms with E-state index in [-0.39, 0.29) is 17.6 Å². The fourth-order valence-corrected chi connectivity index (χ4v) is 1.67. The largest absolute Gasteiger partial charge is 0.355 e. The van der Waals surface area contributed by atoms with E-state index in [9.17, 15) is 9.18 Å². The summed E-state index contributed by atoms with van der Waals surface area (Å²) < 4.78 is 13.3. The summed E-state index contributed by atoms with van der Waals surface area (Å²) in [5.74, 6) is -0.388. The molecule has 0 saturated carbocycles. The monoisotopic (exact) mass is 209 g/mol. The van der Waals surface area contributed by atoms with Gasteiger partial charge in [0.05, 0.1) is 0 Å². The van der Waals surface area contributed by atoms with Crippen LogP contribution in [0.5, 0.6) is 0 Å². The zero-order chi connectivity index (χ0) is 11.6. The molecule has 0 aromatic heterocycles. The molecule has 0 aliphatic carbocycles. The Hall–Kier alpha value is -1.38. The first-order valence-corrected chi connectivity index (χ1v) is 4.99. The normalized spacial score (nSPS) is 10.5. The SMILES string of the molecule is CNC(=O)c1cc(F)cc(C(C)C)c1C. The number of nitrogens with one attached hydrogen (secondary N) is 1. The molecule has 0 atom stereocenters. The van der Waals surface area contributed by atoms with Crippen LogP contribution >= 0.6 is 0 Å². The average molecular weight is 209 g/mol. The molecule has 1 N–H and O–H groups in total. The van der Waals surface area contributed by atoms with E-state index in [1.54, 1.807) is 7.05 Å². The van der Waals surface area contributed by atoms with Crippen molar-refractivity contribution >= 4 is 5.91 Å². The van der Waals surface area contributed by atoms with E-state index >= 15 is 0 Å². The van der Waals surface area contributed by atoms with Crippen molar-refractivity contribution in [2.45, 2.75) is 26.7 Å². The zero-order valence-electron chi connectivity index (χ0n) is 9.52. The summed E-state index contributed by atoms with van der Waals surface area (Å²) in [6.45, 7) is 5.81. The fraction of sp³-hybridized carbons (Fsp3) is 0.417. The smallest absolute Gasteiger partial charge is 0.251 e. The molecule has 82 valence electrons. The molecule has 2 nitrogen and oxygen atoms in total. The molecule has 0 bridgehead atoms. The van der Waals surface area contributed by atoms with Crippen LogP contribution in [0.4, 0.5) is 4.39 Å². The molecule has 0 saturated heterocycles. The first-order chi connectivity index (χ1) is 6.97. The number of amides is 1. The predicted molar refractivity (Wildman–Crippen MR) is 58.6 cm³/mol. The molecule has 0 fully saturated rings. The van der Waals surface area contributed by atoms with Gasteiger partial charge in [-0.2, -0.15) is 0 Å². The summed E-state index contributed by atoms with van der Waals surface area (Å²) in [5, 5.41) is 2.51. The molecule has 3 heteroatoms. The van der Waals surface area contributed by atoms with Crippen molar-refractivity contribution in [1.29, 1.82) is 0 Å². The van der Waals surface area contributed by atoms with Crippen molar-refractivity contribution in [3.8, 4) is 0 Å². The molecule has 0 spiro atoms. The van der Waals surface area contributed by atoms with Gasteiger partial charge in [-0.3, -0.25) is 4.79 Å². The Bertz CT molecular complexity index is 385. The Kier molecular flexibility index (Phi) is 3.45. The summed E-state index contributed by atoms with van der Waals surface area (Å²) in [4.78, 5) is 11.5. The standard InChI is InChI=1S/C12H16FNO/c1-7(2)10-5-9(13)6-11(8(10)3)12(15)14-4/h5-7H,1-4H3,(H,14,15). The van der Waals surface area contributed by atoms with Gasteiger partial charge < -0.3 is 5.32 Å². The molecule has 0 heterocycles. The summed E-state index contributed by atoms with van der Waals surface area (Å²) in [6, 6.07) is 2.77. The Morgan fingerprint density at radius 3 is 2.47 bits per heavy atom. The molecular weight excluding hydrogens is 193 g/mol. The summed E-state index contributed by atoms with van der Waals surface area (Å²) in [6.07, 6.45) is 0. The maximum absolute atomic E-state index is 13.3. The molecule has 15 heavy (non-hydrogen) atoms. The Labute approximate surface area is 89.5 Å².